The maximum atomic E-state index is 11.4. The monoisotopic (exact) mass is 347 g/mol. The molecule has 0 amide bonds. The van der Waals surface area contributed by atoms with Gasteiger partial charge in [0.15, 0.2) is 5.69 Å². The first kappa shape index (κ1) is 15.7. The van der Waals surface area contributed by atoms with Gasteiger partial charge in [0.1, 0.15) is 18.2 Å². The standard InChI is InChI=1S/C18H13N5O3/c24-23(25)16-11-22(21-17(16)13-6-8-19-9-7-13)10-15-12-26-18(20-15)14-4-2-1-3-5-14/h1-9,11-12H,10H2. The van der Waals surface area contributed by atoms with Gasteiger partial charge in [0.05, 0.1) is 11.5 Å². The van der Waals surface area contributed by atoms with Gasteiger partial charge in [-0.1, -0.05) is 18.2 Å². The zero-order valence-electron chi connectivity index (χ0n) is 13.5. The first-order chi connectivity index (χ1) is 12.7. The van der Waals surface area contributed by atoms with E-state index < -0.39 is 4.92 Å². The van der Waals surface area contributed by atoms with E-state index in [1.54, 1.807) is 24.5 Å². The van der Waals surface area contributed by atoms with Gasteiger partial charge in [-0.25, -0.2) is 4.98 Å². The summed E-state index contributed by atoms with van der Waals surface area (Å²) in [4.78, 5) is 19.3. The second-order valence-corrected chi connectivity index (χ2v) is 5.56. The Morgan fingerprint density at radius 3 is 2.58 bits per heavy atom. The summed E-state index contributed by atoms with van der Waals surface area (Å²) in [7, 11) is 0. The van der Waals surface area contributed by atoms with E-state index in [0.717, 1.165) is 5.56 Å². The van der Waals surface area contributed by atoms with Crippen molar-refractivity contribution in [1.82, 2.24) is 19.7 Å². The molecule has 0 aliphatic heterocycles. The summed E-state index contributed by atoms with van der Waals surface area (Å²) in [6.45, 7) is 0.266. The number of hydrogen-bond donors (Lipinski definition) is 0. The van der Waals surface area contributed by atoms with Crippen LogP contribution in [0.1, 0.15) is 5.69 Å². The molecule has 4 rings (SSSR count). The van der Waals surface area contributed by atoms with E-state index in [-0.39, 0.29) is 12.2 Å². The Balaban J connectivity index is 1.63. The third-order valence-corrected chi connectivity index (χ3v) is 3.79. The highest BCUT2D eigenvalue weighted by Crippen LogP contribution is 2.28. The minimum atomic E-state index is -0.447. The molecule has 0 spiro atoms. The zero-order chi connectivity index (χ0) is 17.9. The van der Waals surface area contributed by atoms with Crippen LogP contribution in [0.3, 0.4) is 0 Å². The fourth-order valence-corrected chi connectivity index (χ4v) is 2.60. The smallest absolute Gasteiger partial charge is 0.314 e. The molecule has 8 heteroatoms. The maximum absolute atomic E-state index is 11.4. The van der Waals surface area contributed by atoms with Crippen molar-refractivity contribution in [2.45, 2.75) is 6.54 Å². The zero-order valence-corrected chi connectivity index (χ0v) is 13.5. The van der Waals surface area contributed by atoms with Crippen molar-refractivity contribution in [2.24, 2.45) is 0 Å². The number of hydrogen-bond acceptors (Lipinski definition) is 6. The van der Waals surface area contributed by atoms with Gasteiger partial charge in [-0.05, 0) is 24.3 Å². The van der Waals surface area contributed by atoms with Crippen LogP contribution in [0.25, 0.3) is 22.7 Å². The molecule has 0 aliphatic rings. The molecule has 0 atom stereocenters. The van der Waals surface area contributed by atoms with Crippen LogP contribution in [0.2, 0.25) is 0 Å². The van der Waals surface area contributed by atoms with Gasteiger partial charge in [-0.3, -0.25) is 19.8 Å². The Morgan fingerprint density at radius 2 is 1.85 bits per heavy atom. The molecule has 0 saturated heterocycles. The number of rotatable bonds is 5. The lowest BCUT2D eigenvalue weighted by Crippen LogP contribution is -2.00. The normalized spacial score (nSPS) is 10.8. The quantitative estimate of drug-likeness (QED) is 0.404. The summed E-state index contributed by atoms with van der Waals surface area (Å²) in [5.41, 5.74) is 2.35. The number of nitro groups is 1. The Morgan fingerprint density at radius 1 is 1.08 bits per heavy atom. The third kappa shape index (κ3) is 3.07. The maximum Gasteiger partial charge on any atom is 0.314 e. The highest BCUT2D eigenvalue weighted by atomic mass is 16.6. The molecule has 0 radical (unpaired) electrons. The van der Waals surface area contributed by atoms with Crippen molar-refractivity contribution in [3.63, 3.8) is 0 Å². The molecule has 1 aromatic carbocycles. The summed E-state index contributed by atoms with van der Waals surface area (Å²) in [5.74, 6) is 0.497. The molecular weight excluding hydrogens is 334 g/mol. The van der Waals surface area contributed by atoms with Crippen molar-refractivity contribution >= 4 is 5.69 Å². The SMILES string of the molecule is O=[N+]([O-])c1cn(Cc2coc(-c3ccccc3)n2)nc1-c1ccncc1. The Bertz CT molecular complexity index is 1040. The molecule has 3 aromatic heterocycles. The van der Waals surface area contributed by atoms with E-state index in [0.29, 0.717) is 22.8 Å². The van der Waals surface area contributed by atoms with Gasteiger partial charge < -0.3 is 4.42 Å². The van der Waals surface area contributed by atoms with E-state index in [9.17, 15) is 10.1 Å². The molecule has 26 heavy (non-hydrogen) atoms. The van der Waals surface area contributed by atoms with Gasteiger partial charge in [0, 0.05) is 23.5 Å². The number of benzene rings is 1. The Kier molecular flexibility index (Phi) is 3.98. The molecule has 4 aromatic rings. The summed E-state index contributed by atoms with van der Waals surface area (Å²) >= 11 is 0. The molecule has 0 saturated carbocycles. The van der Waals surface area contributed by atoms with Crippen LogP contribution >= 0.6 is 0 Å². The van der Waals surface area contributed by atoms with Crippen molar-refractivity contribution in [1.29, 1.82) is 0 Å². The number of aromatic nitrogens is 4. The van der Waals surface area contributed by atoms with Crippen LogP contribution < -0.4 is 0 Å². The van der Waals surface area contributed by atoms with Crippen LogP contribution in [0.15, 0.2) is 71.7 Å². The van der Waals surface area contributed by atoms with Crippen molar-refractivity contribution in [3.05, 3.63) is 83.1 Å². The summed E-state index contributed by atoms with van der Waals surface area (Å²) in [6, 6.07) is 12.9. The van der Waals surface area contributed by atoms with Gasteiger partial charge >= 0.3 is 5.69 Å². The van der Waals surface area contributed by atoms with Gasteiger partial charge in [-0.15, -0.1) is 0 Å². The predicted molar refractivity (Wildman–Crippen MR) is 93.2 cm³/mol. The van der Waals surface area contributed by atoms with Crippen molar-refractivity contribution in [3.8, 4) is 22.7 Å². The van der Waals surface area contributed by atoms with Crippen LogP contribution in [0.4, 0.5) is 5.69 Å². The lowest BCUT2D eigenvalue weighted by molar-refractivity contribution is -0.384. The molecular formula is C18H13N5O3. The molecule has 0 N–H and O–H groups in total. The Labute approximate surface area is 147 Å². The fraction of sp³-hybridized carbons (Fsp3) is 0.0556. The van der Waals surface area contributed by atoms with Gasteiger partial charge in [0.2, 0.25) is 5.89 Å². The topological polar surface area (TPSA) is 99.9 Å². The minimum Gasteiger partial charge on any atom is -0.444 e. The van der Waals surface area contributed by atoms with Crippen molar-refractivity contribution < 1.29 is 9.34 Å². The molecule has 8 nitrogen and oxygen atoms in total. The summed E-state index contributed by atoms with van der Waals surface area (Å²) in [5, 5.41) is 15.7. The van der Waals surface area contributed by atoms with E-state index >= 15 is 0 Å². The highest BCUT2D eigenvalue weighted by molar-refractivity contribution is 5.68. The third-order valence-electron chi connectivity index (χ3n) is 3.79. The van der Waals surface area contributed by atoms with Crippen LogP contribution in [-0.2, 0) is 6.54 Å². The van der Waals surface area contributed by atoms with E-state index in [1.807, 2.05) is 30.3 Å². The first-order valence-electron chi connectivity index (χ1n) is 7.83. The van der Waals surface area contributed by atoms with E-state index in [4.69, 9.17) is 4.42 Å². The molecule has 0 aliphatic carbocycles. The highest BCUT2D eigenvalue weighted by Gasteiger charge is 2.21. The summed E-state index contributed by atoms with van der Waals surface area (Å²) in [6.07, 6.45) is 6.07. The lowest BCUT2D eigenvalue weighted by atomic mass is 10.2. The molecule has 128 valence electrons. The van der Waals surface area contributed by atoms with E-state index in [1.165, 1.54) is 17.1 Å². The van der Waals surface area contributed by atoms with Gasteiger partial charge in [0.25, 0.3) is 0 Å². The largest absolute Gasteiger partial charge is 0.444 e. The molecule has 0 unspecified atom stereocenters. The average molecular weight is 347 g/mol. The van der Waals surface area contributed by atoms with Gasteiger partial charge in [-0.2, -0.15) is 5.10 Å². The lowest BCUT2D eigenvalue weighted by Gasteiger charge is -1.97. The van der Waals surface area contributed by atoms with E-state index in [2.05, 4.69) is 15.1 Å². The molecule has 0 bridgehead atoms. The second-order valence-electron chi connectivity index (χ2n) is 5.56. The molecule has 0 fully saturated rings. The van der Waals surface area contributed by atoms with Crippen LogP contribution in [-0.4, -0.2) is 24.7 Å². The van der Waals surface area contributed by atoms with Crippen LogP contribution in [0.5, 0.6) is 0 Å². The second kappa shape index (κ2) is 6.60. The first-order valence-corrected chi connectivity index (χ1v) is 7.83. The molecule has 3 heterocycles. The predicted octanol–water partition coefficient (Wildman–Crippen LogP) is 3.56. The number of oxazole rings is 1. The average Bonchev–Trinajstić information content (AvgIpc) is 3.31. The fourth-order valence-electron chi connectivity index (χ4n) is 2.60. The van der Waals surface area contributed by atoms with Crippen LogP contribution in [0, 0.1) is 10.1 Å². The number of nitrogens with zero attached hydrogens (tertiary/aromatic N) is 5. The van der Waals surface area contributed by atoms with Crippen molar-refractivity contribution in [2.75, 3.05) is 0 Å². The number of pyridine rings is 1. The summed E-state index contributed by atoms with van der Waals surface area (Å²) < 4.78 is 6.98. The minimum absolute atomic E-state index is 0.0667. The Hall–Kier alpha value is -3.81.